The fourth-order valence-corrected chi connectivity index (χ4v) is 2.58. The highest BCUT2D eigenvalue weighted by atomic mass is 16.7. The minimum atomic E-state index is -0.386. The van der Waals surface area contributed by atoms with Crippen molar-refractivity contribution >= 4 is 5.97 Å². The van der Waals surface area contributed by atoms with Gasteiger partial charge in [-0.3, -0.25) is 0 Å². The Hall–Kier alpha value is -1.67. The Morgan fingerprint density at radius 1 is 1.04 bits per heavy atom. The average molecular weight is 382 g/mol. The third-order valence-corrected chi connectivity index (χ3v) is 3.91. The van der Waals surface area contributed by atoms with Gasteiger partial charge in [0.2, 0.25) is 0 Å². The number of esters is 1. The zero-order chi connectivity index (χ0) is 19.2. The monoisotopic (exact) mass is 382 g/mol. The van der Waals surface area contributed by atoms with E-state index in [1.54, 1.807) is 25.1 Å². The molecule has 0 aliphatic carbocycles. The second-order valence-electron chi connectivity index (χ2n) is 5.96. The maximum absolute atomic E-state index is 11.9. The van der Waals surface area contributed by atoms with Crippen molar-refractivity contribution in [2.24, 2.45) is 0 Å². The van der Waals surface area contributed by atoms with E-state index in [9.17, 15) is 4.79 Å². The van der Waals surface area contributed by atoms with Crippen molar-refractivity contribution in [3.63, 3.8) is 0 Å². The molecule has 0 spiro atoms. The Morgan fingerprint density at radius 2 is 1.78 bits per heavy atom. The van der Waals surface area contributed by atoms with E-state index in [0.29, 0.717) is 57.6 Å². The molecule has 1 heterocycles. The summed E-state index contributed by atoms with van der Waals surface area (Å²) in [5.74, 6) is 0.112. The molecular formula is C20H30O7. The number of benzene rings is 1. The van der Waals surface area contributed by atoms with Gasteiger partial charge in [0.25, 0.3) is 0 Å². The lowest BCUT2D eigenvalue weighted by molar-refractivity contribution is -0.169. The minimum Gasteiger partial charge on any atom is -0.490 e. The number of carbonyl (C=O) groups is 1. The molecule has 152 valence electrons. The maximum Gasteiger partial charge on any atom is 0.341 e. The van der Waals surface area contributed by atoms with E-state index in [1.165, 1.54) is 0 Å². The summed E-state index contributed by atoms with van der Waals surface area (Å²) < 4.78 is 32.6. The highest BCUT2D eigenvalue weighted by molar-refractivity contribution is 5.92. The normalized spacial score (nSPS) is 16.9. The van der Waals surface area contributed by atoms with Gasteiger partial charge in [-0.25, -0.2) is 4.79 Å². The Labute approximate surface area is 160 Å². The lowest BCUT2D eigenvalue weighted by Crippen LogP contribution is -2.24. The van der Waals surface area contributed by atoms with Gasteiger partial charge in [0.15, 0.2) is 6.29 Å². The summed E-state index contributed by atoms with van der Waals surface area (Å²) in [5, 5.41) is 0. The van der Waals surface area contributed by atoms with Crippen LogP contribution in [0, 0.1) is 0 Å². The molecule has 7 nitrogen and oxygen atoms in total. The van der Waals surface area contributed by atoms with Crippen LogP contribution in [-0.2, 0) is 23.7 Å². The van der Waals surface area contributed by atoms with E-state index in [4.69, 9.17) is 28.4 Å². The van der Waals surface area contributed by atoms with E-state index >= 15 is 0 Å². The van der Waals surface area contributed by atoms with E-state index in [2.05, 4.69) is 0 Å². The highest BCUT2D eigenvalue weighted by Crippen LogP contribution is 2.18. The molecule has 1 saturated heterocycles. The lowest BCUT2D eigenvalue weighted by Gasteiger charge is -2.22. The molecule has 7 heteroatoms. The molecule has 0 bridgehead atoms. The molecule has 1 atom stereocenters. The second kappa shape index (κ2) is 13.5. The Balaban J connectivity index is 1.47. The summed E-state index contributed by atoms with van der Waals surface area (Å²) in [7, 11) is 0. The smallest absolute Gasteiger partial charge is 0.341 e. The first kappa shape index (κ1) is 21.6. The molecule has 0 radical (unpaired) electrons. The summed E-state index contributed by atoms with van der Waals surface area (Å²) in [4.78, 5) is 11.9. The molecule has 0 amide bonds. The number of carbonyl (C=O) groups excluding carboxylic acids is 1. The SMILES string of the molecule is CCOC(=O)c1ccccc1OCCOCCOCCOC1CCCCO1. The van der Waals surface area contributed by atoms with Crippen LogP contribution in [0.2, 0.25) is 0 Å². The first-order valence-corrected chi connectivity index (χ1v) is 9.59. The largest absolute Gasteiger partial charge is 0.490 e. The van der Waals surface area contributed by atoms with Gasteiger partial charge in [0, 0.05) is 6.61 Å². The number of hydrogen-bond acceptors (Lipinski definition) is 7. The van der Waals surface area contributed by atoms with Gasteiger partial charge in [-0.2, -0.15) is 0 Å². The van der Waals surface area contributed by atoms with Crippen molar-refractivity contribution in [1.29, 1.82) is 0 Å². The third kappa shape index (κ3) is 8.71. The summed E-state index contributed by atoms with van der Waals surface area (Å²) in [6.07, 6.45) is 3.16. The van der Waals surface area contributed by atoms with Gasteiger partial charge in [0.1, 0.15) is 17.9 Å². The van der Waals surface area contributed by atoms with Crippen LogP contribution < -0.4 is 4.74 Å². The Kier molecular flexibility index (Phi) is 10.8. The topological polar surface area (TPSA) is 72.5 Å². The van der Waals surface area contributed by atoms with Crippen LogP contribution >= 0.6 is 0 Å². The van der Waals surface area contributed by atoms with Gasteiger partial charge in [-0.15, -0.1) is 0 Å². The van der Waals surface area contributed by atoms with Crippen molar-refractivity contribution in [2.75, 3.05) is 52.9 Å². The molecule has 27 heavy (non-hydrogen) atoms. The van der Waals surface area contributed by atoms with Crippen LogP contribution in [0.1, 0.15) is 36.5 Å². The quantitative estimate of drug-likeness (QED) is 0.384. The molecule has 1 aromatic rings. The molecule has 1 aliphatic heterocycles. The first-order valence-electron chi connectivity index (χ1n) is 9.59. The van der Waals surface area contributed by atoms with Crippen LogP contribution in [0.25, 0.3) is 0 Å². The van der Waals surface area contributed by atoms with Crippen molar-refractivity contribution < 1.29 is 33.2 Å². The molecule has 1 unspecified atom stereocenters. The third-order valence-electron chi connectivity index (χ3n) is 3.91. The van der Waals surface area contributed by atoms with Gasteiger partial charge >= 0.3 is 5.97 Å². The predicted octanol–water partition coefficient (Wildman–Crippen LogP) is 2.82. The van der Waals surface area contributed by atoms with Crippen molar-refractivity contribution in [3.05, 3.63) is 29.8 Å². The molecule has 0 saturated carbocycles. The van der Waals surface area contributed by atoms with Crippen molar-refractivity contribution in [2.45, 2.75) is 32.5 Å². The summed E-state index contributed by atoms with van der Waals surface area (Å²) in [6.45, 7) is 5.65. The number of rotatable bonds is 13. The standard InChI is InChI=1S/C20H30O7/c1-2-24-20(21)17-7-3-4-8-18(17)25-15-13-22-11-12-23-14-16-27-19-9-5-6-10-26-19/h3-4,7-8,19H,2,5-6,9-16H2,1H3. The van der Waals surface area contributed by atoms with Gasteiger partial charge in [-0.05, 0) is 38.3 Å². The first-order chi connectivity index (χ1) is 13.3. The fraction of sp³-hybridized carbons (Fsp3) is 0.650. The zero-order valence-corrected chi connectivity index (χ0v) is 16.0. The Morgan fingerprint density at radius 3 is 2.52 bits per heavy atom. The Bertz CT molecular complexity index is 529. The van der Waals surface area contributed by atoms with Crippen molar-refractivity contribution in [3.8, 4) is 5.75 Å². The molecule has 0 aromatic heterocycles. The molecule has 1 aromatic carbocycles. The maximum atomic E-state index is 11.9. The predicted molar refractivity (Wildman–Crippen MR) is 99.1 cm³/mol. The molecule has 1 fully saturated rings. The fourth-order valence-electron chi connectivity index (χ4n) is 2.58. The molecular weight excluding hydrogens is 352 g/mol. The van der Waals surface area contributed by atoms with E-state index in [1.807, 2.05) is 6.07 Å². The summed E-state index contributed by atoms with van der Waals surface area (Å²) >= 11 is 0. The van der Waals surface area contributed by atoms with Crippen LogP contribution in [0.3, 0.4) is 0 Å². The average Bonchev–Trinajstić information content (AvgIpc) is 2.70. The summed E-state index contributed by atoms with van der Waals surface area (Å²) in [6, 6.07) is 7.01. The number of para-hydroxylation sites is 1. The van der Waals surface area contributed by atoms with E-state index in [-0.39, 0.29) is 12.3 Å². The van der Waals surface area contributed by atoms with Gasteiger partial charge in [0.05, 0.1) is 39.6 Å². The highest BCUT2D eigenvalue weighted by Gasteiger charge is 2.14. The van der Waals surface area contributed by atoms with Crippen LogP contribution in [0.5, 0.6) is 5.75 Å². The van der Waals surface area contributed by atoms with Gasteiger partial charge < -0.3 is 28.4 Å². The van der Waals surface area contributed by atoms with E-state index < -0.39 is 0 Å². The van der Waals surface area contributed by atoms with E-state index in [0.717, 1.165) is 25.9 Å². The number of ether oxygens (including phenoxy) is 6. The van der Waals surface area contributed by atoms with Gasteiger partial charge in [-0.1, -0.05) is 12.1 Å². The minimum absolute atomic E-state index is 0.0757. The lowest BCUT2D eigenvalue weighted by atomic mass is 10.2. The molecule has 1 aliphatic rings. The second-order valence-corrected chi connectivity index (χ2v) is 5.96. The van der Waals surface area contributed by atoms with Crippen LogP contribution in [0.15, 0.2) is 24.3 Å². The molecule has 0 N–H and O–H groups in total. The summed E-state index contributed by atoms with van der Waals surface area (Å²) in [5.41, 5.74) is 0.421. The van der Waals surface area contributed by atoms with Crippen molar-refractivity contribution in [1.82, 2.24) is 0 Å². The number of hydrogen-bond donors (Lipinski definition) is 0. The zero-order valence-electron chi connectivity index (χ0n) is 16.0. The van der Waals surface area contributed by atoms with Crippen LogP contribution in [-0.4, -0.2) is 65.1 Å². The molecule has 2 rings (SSSR count). The van der Waals surface area contributed by atoms with Crippen LogP contribution in [0.4, 0.5) is 0 Å².